The molecule has 2 aromatic carbocycles. The number of aromatic nitrogens is 1. The van der Waals surface area contributed by atoms with Gasteiger partial charge in [0, 0.05) is 41.7 Å². The molecule has 1 aromatic heterocycles. The molecule has 3 fully saturated rings. The van der Waals surface area contributed by atoms with Crippen LogP contribution in [0.15, 0.2) is 52.9 Å². The Morgan fingerprint density at radius 2 is 1.77 bits per heavy atom. The first-order chi connectivity index (χ1) is 20.9. The Morgan fingerprint density at radius 1 is 1.07 bits per heavy atom. The van der Waals surface area contributed by atoms with Crippen LogP contribution >= 0.6 is 0 Å². The van der Waals surface area contributed by atoms with Gasteiger partial charge in [-0.05, 0) is 56.0 Å². The van der Waals surface area contributed by atoms with E-state index in [9.17, 15) is 31.6 Å². The molecule has 44 heavy (non-hydrogen) atoms. The maximum atomic E-state index is 13.5. The van der Waals surface area contributed by atoms with Crippen molar-refractivity contribution >= 4 is 21.4 Å². The van der Waals surface area contributed by atoms with E-state index in [0.717, 1.165) is 18.5 Å². The average molecular weight is 629 g/mol. The molecule has 0 radical (unpaired) electrons. The predicted molar refractivity (Wildman–Crippen MR) is 155 cm³/mol. The van der Waals surface area contributed by atoms with Gasteiger partial charge in [0.2, 0.25) is 11.8 Å². The highest BCUT2D eigenvalue weighted by atomic mass is 32.2. The maximum absolute atomic E-state index is 13.5. The molecule has 2 atom stereocenters. The second kappa shape index (κ2) is 11.5. The molecule has 2 aliphatic carbocycles. The van der Waals surface area contributed by atoms with E-state index in [1.54, 1.807) is 6.07 Å². The van der Waals surface area contributed by atoms with Crippen LogP contribution in [0.2, 0.25) is 0 Å². The van der Waals surface area contributed by atoms with E-state index in [1.165, 1.54) is 18.2 Å². The summed E-state index contributed by atoms with van der Waals surface area (Å²) in [6, 6.07) is 15.0. The van der Waals surface area contributed by atoms with Crippen LogP contribution in [-0.2, 0) is 14.6 Å². The number of oxazole rings is 1. The summed E-state index contributed by atoms with van der Waals surface area (Å²) < 4.78 is 73.0. The quantitative estimate of drug-likeness (QED) is 0.359. The van der Waals surface area contributed by atoms with Crippen molar-refractivity contribution in [3.63, 3.8) is 0 Å². The topological polar surface area (TPSA) is 126 Å². The third-order valence-corrected chi connectivity index (χ3v) is 10.2. The molecule has 2 unspecified atom stereocenters. The molecule has 0 bridgehead atoms. The smallest absolute Gasteiger partial charge is 0.440 e. The summed E-state index contributed by atoms with van der Waals surface area (Å²) in [5.74, 6) is -0.741. The molecule has 3 aliphatic rings. The number of sulfone groups is 1. The van der Waals surface area contributed by atoms with Crippen molar-refractivity contribution in [3.8, 4) is 34.5 Å². The number of benzene rings is 2. The summed E-state index contributed by atoms with van der Waals surface area (Å²) in [5, 5.41) is 12.5. The minimum atomic E-state index is -4.86. The molecule has 1 amide bonds. The number of nitrogens with one attached hydrogen (secondary N) is 1. The van der Waals surface area contributed by atoms with Crippen LogP contribution in [0.1, 0.15) is 50.2 Å². The summed E-state index contributed by atoms with van der Waals surface area (Å²) in [6.07, 6.45) is -0.737. The minimum absolute atomic E-state index is 0.0842. The third-order valence-electron chi connectivity index (χ3n) is 8.58. The normalized spacial score (nSPS) is 22.5. The molecule has 2 heterocycles. The molecule has 1 N–H and O–H groups in total. The molecular weight excluding hydrogens is 597 g/mol. The third kappa shape index (κ3) is 6.55. The summed E-state index contributed by atoms with van der Waals surface area (Å²) in [7, 11) is -3.04. The number of amides is 1. The number of alkyl halides is 3. The number of hydrogen-bond donors (Lipinski definition) is 1. The van der Waals surface area contributed by atoms with Crippen molar-refractivity contribution in [2.24, 2.45) is 5.92 Å². The Labute approximate surface area is 252 Å². The van der Waals surface area contributed by atoms with Gasteiger partial charge in [-0.3, -0.25) is 4.79 Å². The van der Waals surface area contributed by atoms with Gasteiger partial charge in [-0.2, -0.15) is 5.26 Å². The van der Waals surface area contributed by atoms with Gasteiger partial charge in [-0.1, -0.05) is 31.0 Å². The Kier molecular flexibility index (Phi) is 7.82. The Balaban J connectivity index is 1.36. The van der Waals surface area contributed by atoms with Crippen LogP contribution in [0.3, 0.4) is 0 Å². The highest BCUT2D eigenvalue weighted by Crippen LogP contribution is 2.45. The molecule has 1 saturated heterocycles. The van der Waals surface area contributed by atoms with Crippen LogP contribution in [0.4, 0.5) is 18.9 Å². The van der Waals surface area contributed by atoms with Crippen molar-refractivity contribution in [1.82, 2.24) is 10.3 Å². The van der Waals surface area contributed by atoms with Gasteiger partial charge in [0.25, 0.3) is 0 Å². The molecule has 3 aromatic rings. The number of ether oxygens (including phenoxy) is 1. The number of nitrogens with zero attached hydrogens (tertiary/aromatic N) is 3. The molecule has 232 valence electrons. The van der Waals surface area contributed by atoms with E-state index in [2.05, 4.69) is 16.1 Å². The lowest BCUT2D eigenvalue weighted by Crippen LogP contribution is -2.42. The molecule has 2 saturated carbocycles. The molecule has 1 aliphatic heterocycles. The van der Waals surface area contributed by atoms with Crippen LogP contribution in [0, 0.1) is 17.2 Å². The van der Waals surface area contributed by atoms with E-state index in [4.69, 9.17) is 9.40 Å². The van der Waals surface area contributed by atoms with Crippen molar-refractivity contribution < 1.29 is 35.5 Å². The van der Waals surface area contributed by atoms with Gasteiger partial charge < -0.3 is 19.4 Å². The Bertz CT molecular complexity index is 1680. The highest BCUT2D eigenvalue weighted by molar-refractivity contribution is 7.91. The summed E-state index contributed by atoms with van der Waals surface area (Å²) in [4.78, 5) is 20.2. The first kappa shape index (κ1) is 30.0. The van der Waals surface area contributed by atoms with E-state index in [0.29, 0.717) is 55.8 Å². The average Bonchev–Trinajstić information content (AvgIpc) is 3.62. The lowest BCUT2D eigenvalue weighted by Gasteiger charge is -2.30. The Hall–Kier alpha value is -4.05. The van der Waals surface area contributed by atoms with Crippen LogP contribution < -0.4 is 15.0 Å². The van der Waals surface area contributed by atoms with Gasteiger partial charge >= 0.3 is 6.36 Å². The number of nitriles is 1. The SMILES string of the molecule is N#CC1(NC(=O)C2CCCCC2c2oc(-c3cccc(OC(F)(F)F)c3)nc2-c2ccc(N3CCS(=O)(=O)CC3)cc2)CC1. The van der Waals surface area contributed by atoms with E-state index in [1.807, 2.05) is 29.2 Å². The molecule has 9 nitrogen and oxygen atoms in total. The van der Waals surface area contributed by atoms with Crippen LogP contribution in [0.25, 0.3) is 22.7 Å². The number of carbonyl (C=O) groups is 1. The maximum Gasteiger partial charge on any atom is 0.573 e. The van der Waals surface area contributed by atoms with Crippen LogP contribution in [-0.4, -0.2) is 55.8 Å². The van der Waals surface area contributed by atoms with Gasteiger partial charge in [-0.15, -0.1) is 13.2 Å². The zero-order valence-electron chi connectivity index (χ0n) is 23.8. The fourth-order valence-electron chi connectivity index (χ4n) is 6.02. The number of hydrogen-bond acceptors (Lipinski definition) is 8. The number of halogens is 3. The standard InChI is InChI=1S/C31H31F3N4O5S/c32-31(33,34)43-23-5-3-4-21(18-23)29-36-26(20-8-10-22(11-9-20)38-14-16-44(40,41)17-15-38)27(42-29)24-6-1-2-7-25(24)28(39)37-30(19-35)12-13-30/h3-5,8-11,18,24-25H,1-2,6-7,12-17H2,(H,37,39). The monoisotopic (exact) mass is 628 g/mol. The zero-order chi connectivity index (χ0) is 31.1. The molecule has 13 heteroatoms. The van der Waals surface area contributed by atoms with E-state index < -0.39 is 33.4 Å². The molecule has 6 rings (SSSR count). The second-order valence-electron chi connectivity index (χ2n) is 11.7. The van der Waals surface area contributed by atoms with Gasteiger partial charge in [-0.25, -0.2) is 13.4 Å². The predicted octanol–water partition coefficient (Wildman–Crippen LogP) is 5.59. The summed E-state index contributed by atoms with van der Waals surface area (Å²) in [6.45, 7) is 0.779. The first-order valence-corrected chi connectivity index (χ1v) is 16.4. The highest BCUT2D eigenvalue weighted by Gasteiger charge is 2.47. The minimum Gasteiger partial charge on any atom is -0.440 e. The number of carbonyl (C=O) groups excluding carboxylic acids is 1. The van der Waals surface area contributed by atoms with Gasteiger partial charge in [0.15, 0.2) is 9.84 Å². The first-order valence-electron chi connectivity index (χ1n) is 14.6. The fourth-order valence-corrected chi connectivity index (χ4v) is 7.22. The van der Waals surface area contributed by atoms with Crippen molar-refractivity contribution in [3.05, 3.63) is 54.3 Å². The van der Waals surface area contributed by atoms with Gasteiger partial charge in [0.1, 0.15) is 22.7 Å². The van der Waals surface area contributed by atoms with Crippen molar-refractivity contribution in [2.45, 2.75) is 56.3 Å². The molecular formula is C31H31F3N4O5S. The van der Waals surface area contributed by atoms with E-state index in [-0.39, 0.29) is 34.8 Å². The zero-order valence-corrected chi connectivity index (χ0v) is 24.6. The Morgan fingerprint density at radius 3 is 2.43 bits per heavy atom. The number of anilines is 1. The number of rotatable bonds is 7. The van der Waals surface area contributed by atoms with Gasteiger partial charge in [0.05, 0.1) is 17.6 Å². The largest absolute Gasteiger partial charge is 0.573 e. The van der Waals surface area contributed by atoms with Crippen molar-refractivity contribution in [1.29, 1.82) is 5.26 Å². The fraction of sp³-hybridized carbons (Fsp3) is 0.452. The van der Waals surface area contributed by atoms with E-state index >= 15 is 0 Å². The van der Waals surface area contributed by atoms with Crippen molar-refractivity contribution in [2.75, 3.05) is 29.5 Å². The second-order valence-corrected chi connectivity index (χ2v) is 14.0. The summed E-state index contributed by atoms with van der Waals surface area (Å²) >= 11 is 0. The summed E-state index contributed by atoms with van der Waals surface area (Å²) in [5.41, 5.74) is 1.47. The lowest BCUT2D eigenvalue weighted by atomic mass is 9.76. The molecule has 0 spiro atoms. The lowest BCUT2D eigenvalue weighted by molar-refractivity contribution is -0.274. The van der Waals surface area contributed by atoms with Crippen LogP contribution in [0.5, 0.6) is 5.75 Å².